The molecule has 0 saturated heterocycles. The third-order valence-electron chi connectivity index (χ3n) is 4.35. The molecule has 0 aliphatic heterocycles. The topological polar surface area (TPSA) is 41.5 Å². The van der Waals surface area contributed by atoms with Crippen LogP contribution in [0.5, 0.6) is 5.75 Å². The maximum absolute atomic E-state index is 9.46. The first kappa shape index (κ1) is 14.4. The highest BCUT2D eigenvalue weighted by Crippen LogP contribution is 2.39. The molecule has 1 aliphatic rings. The molecular weight excluding hydrogens is 238 g/mol. The summed E-state index contributed by atoms with van der Waals surface area (Å²) in [6.07, 6.45) is 3.52. The van der Waals surface area contributed by atoms with Gasteiger partial charge in [0.15, 0.2) is 0 Å². The zero-order chi connectivity index (χ0) is 13.9. The van der Waals surface area contributed by atoms with Crippen LogP contribution in [0.25, 0.3) is 0 Å². The lowest BCUT2D eigenvalue weighted by Gasteiger charge is -2.40. The Hall–Kier alpha value is -1.06. The van der Waals surface area contributed by atoms with Crippen molar-refractivity contribution >= 4 is 0 Å². The van der Waals surface area contributed by atoms with Crippen molar-refractivity contribution in [3.05, 3.63) is 28.8 Å². The summed E-state index contributed by atoms with van der Waals surface area (Å²) in [6, 6.07) is 4.26. The molecular formula is C16H25NO2. The number of aliphatic hydroxyl groups is 1. The molecule has 3 nitrogen and oxygen atoms in total. The Morgan fingerprint density at radius 2 is 2.05 bits per heavy atom. The second kappa shape index (κ2) is 5.93. The van der Waals surface area contributed by atoms with E-state index in [2.05, 4.69) is 31.3 Å². The highest BCUT2D eigenvalue weighted by atomic mass is 16.5. The molecule has 1 aromatic rings. The van der Waals surface area contributed by atoms with Crippen molar-refractivity contribution in [2.45, 2.75) is 39.7 Å². The van der Waals surface area contributed by atoms with E-state index in [1.165, 1.54) is 23.1 Å². The fraction of sp³-hybridized carbons (Fsp3) is 0.625. The molecule has 0 atom stereocenters. The van der Waals surface area contributed by atoms with Gasteiger partial charge in [0, 0.05) is 30.7 Å². The maximum atomic E-state index is 9.46. The van der Waals surface area contributed by atoms with Crippen LogP contribution in [-0.4, -0.2) is 25.4 Å². The SMILES string of the molecule is COc1cc(C)cc(C)c1CNCC1(CO)CCC1. The molecule has 106 valence electrons. The molecule has 3 heteroatoms. The van der Waals surface area contributed by atoms with Gasteiger partial charge in [-0.1, -0.05) is 12.5 Å². The van der Waals surface area contributed by atoms with Crippen LogP contribution >= 0.6 is 0 Å². The lowest BCUT2D eigenvalue weighted by molar-refractivity contribution is 0.0444. The van der Waals surface area contributed by atoms with E-state index in [0.717, 1.165) is 31.7 Å². The van der Waals surface area contributed by atoms with E-state index in [0.29, 0.717) is 6.61 Å². The second-order valence-electron chi connectivity index (χ2n) is 5.88. The molecule has 0 radical (unpaired) electrons. The van der Waals surface area contributed by atoms with E-state index in [9.17, 15) is 5.11 Å². The van der Waals surface area contributed by atoms with Gasteiger partial charge in [0.2, 0.25) is 0 Å². The maximum Gasteiger partial charge on any atom is 0.123 e. The smallest absolute Gasteiger partial charge is 0.123 e. The number of nitrogens with one attached hydrogen (secondary N) is 1. The quantitative estimate of drug-likeness (QED) is 0.829. The standard InChI is InChI=1S/C16H25NO2/c1-12-7-13(2)14(15(8-12)19-3)9-17-10-16(11-18)5-4-6-16/h7-8,17-18H,4-6,9-11H2,1-3H3. The van der Waals surface area contributed by atoms with Crippen LogP contribution in [0, 0.1) is 19.3 Å². The molecule has 0 spiro atoms. The molecule has 1 aliphatic carbocycles. The molecule has 1 fully saturated rings. The van der Waals surface area contributed by atoms with Gasteiger partial charge in [0.25, 0.3) is 0 Å². The summed E-state index contributed by atoms with van der Waals surface area (Å²) in [6.45, 7) is 6.19. The number of hydrogen-bond acceptors (Lipinski definition) is 3. The van der Waals surface area contributed by atoms with Gasteiger partial charge < -0.3 is 15.2 Å². The minimum absolute atomic E-state index is 0.131. The Morgan fingerprint density at radius 3 is 2.58 bits per heavy atom. The predicted octanol–water partition coefficient (Wildman–Crippen LogP) is 2.56. The van der Waals surface area contributed by atoms with Crippen molar-refractivity contribution in [2.75, 3.05) is 20.3 Å². The molecule has 0 unspecified atom stereocenters. The molecule has 2 N–H and O–H groups in total. The highest BCUT2D eigenvalue weighted by Gasteiger charge is 2.35. The van der Waals surface area contributed by atoms with Gasteiger partial charge in [0.05, 0.1) is 7.11 Å². The fourth-order valence-corrected chi connectivity index (χ4v) is 2.89. The van der Waals surface area contributed by atoms with E-state index in [4.69, 9.17) is 4.74 Å². The second-order valence-corrected chi connectivity index (χ2v) is 5.88. The number of hydrogen-bond donors (Lipinski definition) is 2. The predicted molar refractivity (Wildman–Crippen MR) is 77.5 cm³/mol. The van der Waals surface area contributed by atoms with Crippen molar-refractivity contribution in [1.29, 1.82) is 0 Å². The summed E-state index contributed by atoms with van der Waals surface area (Å²) >= 11 is 0. The first-order valence-corrected chi connectivity index (χ1v) is 7.06. The molecule has 0 amide bonds. The van der Waals surface area contributed by atoms with Crippen LogP contribution < -0.4 is 10.1 Å². The number of rotatable bonds is 6. The summed E-state index contributed by atoms with van der Waals surface area (Å²) in [4.78, 5) is 0. The van der Waals surface area contributed by atoms with E-state index in [1.54, 1.807) is 7.11 Å². The van der Waals surface area contributed by atoms with Gasteiger partial charge in [-0.2, -0.15) is 0 Å². The third-order valence-corrected chi connectivity index (χ3v) is 4.35. The van der Waals surface area contributed by atoms with Crippen molar-refractivity contribution in [2.24, 2.45) is 5.41 Å². The van der Waals surface area contributed by atoms with Gasteiger partial charge in [-0.05, 0) is 43.9 Å². The van der Waals surface area contributed by atoms with E-state index >= 15 is 0 Å². The monoisotopic (exact) mass is 263 g/mol. The first-order chi connectivity index (χ1) is 9.10. The van der Waals surface area contributed by atoms with Crippen molar-refractivity contribution in [3.63, 3.8) is 0 Å². The lowest BCUT2D eigenvalue weighted by atomic mass is 9.69. The minimum Gasteiger partial charge on any atom is -0.496 e. The Bertz CT molecular complexity index is 433. The summed E-state index contributed by atoms with van der Waals surface area (Å²) in [5.41, 5.74) is 3.84. The molecule has 0 aromatic heterocycles. The van der Waals surface area contributed by atoms with Crippen LogP contribution in [0.2, 0.25) is 0 Å². The normalized spacial score (nSPS) is 17.1. The molecule has 0 bridgehead atoms. The number of benzene rings is 1. The number of aryl methyl sites for hydroxylation is 2. The van der Waals surface area contributed by atoms with Crippen LogP contribution in [-0.2, 0) is 6.54 Å². The van der Waals surface area contributed by atoms with Gasteiger partial charge in [0.1, 0.15) is 5.75 Å². The zero-order valence-electron chi connectivity index (χ0n) is 12.3. The summed E-state index contributed by atoms with van der Waals surface area (Å²) in [5.74, 6) is 0.955. The third kappa shape index (κ3) is 3.10. The molecule has 1 saturated carbocycles. The highest BCUT2D eigenvalue weighted by molar-refractivity contribution is 5.42. The summed E-state index contributed by atoms with van der Waals surface area (Å²) in [5, 5.41) is 13.0. The van der Waals surface area contributed by atoms with Gasteiger partial charge >= 0.3 is 0 Å². The molecule has 2 rings (SSSR count). The van der Waals surface area contributed by atoms with Gasteiger partial charge in [-0.25, -0.2) is 0 Å². The Labute approximate surface area is 116 Å². The van der Waals surface area contributed by atoms with Crippen molar-refractivity contribution in [3.8, 4) is 5.75 Å². The number of methoxy groups -OCH3 is 1. The Morgan fingerprint density at radius 1 is 1.32 bits per heavy atom. The zero-order valence-corrected chi connectivity index (χ0v) is 12.3. The van der Waals surface area contributed by atoms with Crippen LogP contribution in [0.4, 0.5) is 0 Å². The van der Waals surface area contributed by atoms with Gasteiger partial charge in [-0.3, -0.25) is 0 Å². The number of aliphatic hydroxyl groups excluding tert-OH is 1. The van der Waals surface area contributed by atoms with Crippen LogP contribution in [0.15, 0.2) is 12.1 Å². The largest absolute Gasteiger partial charge is 0.496 e. The van der Waals surface area contributed by atoms with Crippen LogP contribution in [0.3, 0.4) is 0 Å². The molecule has 1 aromatic carbocycles. The van der Waals surface area contributed by atoms with E-state index in [1.807, 2.05) is 0 Å². The number of ether oxygens (including phenoxy) is 1. The average Bonchev–Trinajstić information content (AvgIpc) is 2.34. The molecule has 19 heavy (non-hydrogen) atoms. The Balaban J connectivity index is 1.99. The fourth-order valence-electron chi connectivity index (χ4n) is 2.89. The average molecular weight is 263 g/mol. The van der Waals surface area contributed by atoms with E-state index < -0.39 is 0 Å². The summed E-state index contributed by atoms with van der Waals surface area (Å²) < 4.78 is 5.47. The van der Waals surface area contributed by atoms with Crippen molar-refractivity contribution in [1.82, 2.24) is 5.32 Å². The molecule has 0 heterocycles. The lowest BCUT2D eigenvalue weighted by Crippen LogP contribution is -2.42. The summed E-state index contributed by atoms with van der Waals surface area (Å²) in [7, 11) is 1.72. The first-order valence-electron chi connectivity index (χ1n) is 7.06. The minimum atomic E-state index is 0.131. The Kier molecular flexibility index (Phi) is 4.48. The van der Waals surface area contributed by atoms with Crippen LogP contribution in [0.1, 0.15) is 36.0 Å². The van der Waals surface area contributed by atoms with Crippen molar-refractivity contribution < 1.29 is 9.84 Å². The van der Waals surface area contributed by atoms with Gasteiger partial charge in [-0.15, -0.1) is 0 Å². The van der Waals surface area contributed by atoms with E-state index in [-0.39, 0.29) is 5.41 Å².